The van der Waals surface area contributed by atoms with Crippen LogP contribution in [-0.2, 0) is 0 Å². The Labute approximate surface area is 177 Å². The largest absolute Gasteiger partial charge is 0.343 e. The van der Waals surface area contributed by atoms with Crippen LogP contribution >= 0.6 is 12.4 Å². The first kappa shape index (κ1) is 21.7. The Morgan fingerprint density at radius 2 is 1.83 bits per heavy atom. The zero-order chi connectivity index (χ0) is 19.5. The molecule has 0 radical (unpaired) electrons. The van der Waals surface area contributed by atoms with Crippen LogP contribution in [0.15, 0.2) is 24.3 Å². The van der Waals surface area contributed by atoms with Gasteiger partial charge in [0.25, 0.3) is 5.91 Å². The number of aromatic nitrogens is 3. The van der Waals surface area contributed by atoms with Gasteiger partial charge in [0.05, 0.1) is 17.8 Å². The van der Waals surface area contributed by atoms with Crippen molar-refractivity contribution >= 4 is 18.3 Å². The van der Waals surface area contributed by atoms with Gasteiger partial charge in [0.15, 0.2) is 5.69 Å². The molecule has 2 aromatic rings. The van der Waals surface area contributed by atoms with Gasteiger partial charge in [-0.1, -0.05) is 30.2 Å². The number of piperidine rings is 1. The highest BCUT2D eigenvalue weighted by Gasteiger charge is 2.30. The number of halogens is 2. The molecule has 29 heavy (non-hydrogen) atoms. The van der Waals surface area contributed by atoms with Crippen LogP contribution < -0.4 is 10.6 Å². The molecule has 1 aromatic heterocycles. The van der Waals surface area contributed by atoms with Gasteiger partial charge in [-0.25, -0.2) is 9.07 Å². The van der Waals surface area contributed by atoms with Crippen LogP contribution in [0, 0.1) is 18.7 Å². The highest BCUT2D eigenvalue weighted by Crippen LogP contribution is 2.36. The number of benzene rings is 1. The van der Waals surface area contributed by atoms with E-state index in [0.717, 1.165) is 50.0 Å². The summed E-state index contributed by atoms with van der Waals surface area (Å²) >= 11 is 0. The lowest BCUT2D eigenvalue weighted by Crippen LogP contribution is -2.33. The van der Waals surface area contributed by atoms with E-state index in [-0.39, 0.29) is 36.2 Å². The minimum Gasteiger partial charge on any atom is -0.343 e. The van der Waals surface area contributed by atoms with Crippen LogP contribution in [0.3, 0.4) is 0 Å². The fourth-order valence-corrected chi connectivity index (χ4v) is 4.59. The molecule has 0 spiro atoms. The van der Waals surface area contributed by atoms with Gasteiger partial charge < -0.3 is 10.6 Å². The molecular weight excluding hydrogens is 393 g/mol. The lowest BCUT2D eigenvalue weighted by Gasteiger charge is -2.25. The van der Waals surface area contributed by atoms with E-state index in [1.165, 1.54) is 25.0 Å². The van der Waals surface area contributed by atoms with E-state index >= 15 is 0 Å². The van der Waals surface area contributed by atoms with E-state index in [4.69, 9.17) is 0 Å². The first-order valence-corrected chi connectivity index (χ1v) is 10.3. The Kier molecular flexibility index (Phi) is 7.24. The average Bonchev–Trinajstić information content (AvgIpc) is 3.37. The molecular formula is C21H29ClFN5O. The highest BCUT2D eigenvalue weighted by molar-refractivity contribution is 5.93. The second-order valence-electron chi connectivity index (χ2n) is 8.00. The summed E-state index contributed by atoms with van der Waals surface area (Å²) in [7, 11) is 0. The standard InChI is InChI=1S/C21H28FN5O.ClH/c1-14-19(25-26-27(14)18-10-12-23-13-11-18)21(28)24-20(15-4-2-3-5-15)16-6-8-17(22)9-7-16;/h6-9,15,18,20,23H,2-5,10-13H2,1H3,(H,24,28);1H. The van der Waals surface area contributed by atoms with Crippen molar-refractivity contribution in [2.45, 2.75) is 57.5 Å². The van der Waals surface area contributed by atoms with Gasteiger partial charge in [-0.15, -0.1) is 17.5 Å². The number of nitrogens with one attached hydrogen (secondary N) is 2. The summed E-state index contributed by atoms with van der Waals surface area (Å²) in [6.45, 7) is 3.83. The zero-order valence-corrected chi connectivity index (χ0v) is 17.6. The Morgan fingerprint density at radius 1 is 1.17 bits per heavy atom. The fourth-order valence-electron chi connectivity index (χ4n) is 4.59. The van der Waals surface area contributed by atoms with Crippen molar-refractivity contribution in [1.29, 1.82) is 0 Å². The molecule has 2 N–H and O–H groups in total. The quantitative estimate of drug-likeness (QED) is 0.771. The Hall–Kier alpha value is -1.99. The van der Waals surface area contributed by atoms with Crippen LogP contribution in [0.5, 0.6) is 0 Å². The van der Waals surface area contributed by atoms with Gasteiger partial charge in [0.2, 0.25) is 0 Å². The van der Waals surface area contributed by atoms with Crippen LogP contribution in [0.2, 0.25) is 0 Å². The maximum absolute atomic E-state index is 13.4. The van der Waals surface area contributed by atoms with Crippen LogP contribution in [0.1, 0.15) is 72.4 Å². The summed E-state index contributed by atoms with van der Waals surface area (Å²) in [5, 5.41) is 15.0. The molecule has 6 nitrogen and oxygen atoms in total. The molecule has 1 saturated heterocycles. The molecule has 1 aliphatic carbocycles. The molecule has 1 aliphatic heterocycles. The number of carbonyl (C=O) groups is 1. The molecule has 2 aliphatic rings. The first-order valence-electron chi connectivity index (χ1n) is 10.3. The minimum atomic E-state index is -0.263. The van der Waals surface area contributed by atoms with E-state index in [0.29, 0.717) is 11.6 Å². The van der Waals surface area contributed by atoms with Gasteiger partial charge in [-0.05, 0) is 69.3 Å². The van der Waals surface area contributed by atoms with Crippen molar-refractivity contribution < 1.29 is 9.18 Å². The topological polar surface area (TPSA) is 71.8 Å². The fraction of sp³-hybridized carbons (Fsp3) is 0.571. The Bertz CT molecular complexity index is 813. The Morgan fingerprint density at radius 3 is 2.48 bits per heavy atom. The van der Waals surface area contributed by atoms with Crippen molar-refractivity contribution in [3.05, 3.63) is 47.0 Å². The normalized spacial score (nSPS) is 19.0. The van der Waals surface area contributed by atoms with Crippen molar-refractivity contribution in [3.8, 4) is 0 Å². The summed E-state index contributed by atoms with van der Waals surface area (Å²) in [5.41, 5.74) is 2.15. The number of amides is 1. The predicted octanol–water partition coefficient (Wildman–Crippen LogP) is 3.73. The summed E-state index contributed by atoms with van der Waals surface area (Å²) in [5.74, 6) is -0.0888. The average molecular weight is 422 g/mol. The monoisotopic (exact) mass is 421 g/mol. The molecule has 0 bridgehead atoms. The predicted molar refractivity (Wildman–Crippen MR) is 112 cm³/mol. The maximum atomic E-state index is 13.4. The molecule has 1 saturated carbocycles. The van der Waals surface area contributed by atoms with E-state index in [1.807, 2.05) is 11.6 Å². The molecule has 1 aromatic carbocycles. The smallest absolute Gasteiger partial charge is 0.274 e. The van der Waals surface area contributed by atoms with Crippen molar-refractivity contribution in [1.82, 2.24) is 25.6 Å². The lowest BCUT2D eigenvalue weighted by molar-refractivity contribution is 0.0916. The van der Waals surface area contributed by atoms with Crippen LogP contribution in [0.25, 0.3) is 0 Å². The molecule has 158 valence electrons. The zero-order valence-electron chi connectivity index (χ0n) is 16.7. The second kappa shape index (κ2) is 9.67. The van der Waals surface area contributed by atoms with Gasteiger partial charge in [0, 0.05) is 0 Å². The molecule has 2 heterocycles. The number of carbonyl (C=O) groups excluding carboxylic acids is 1. The van der Waals surface area contributed by atoms with Crippen molar-refractivity contribution in [2.75, 3.05) is 13.1 Å². The molecule has 8 heteroatoms. The van der Waals surface area contributed by atoms with Gasteiger partial charge in [-0.2, -0.15) is 0 Å². The second-order valence-corrected chi connectivity index (χ2v) is 8.00. The van der Waals surface area contributed by atoms with Crippen molar-refractivity contribution in [3.63, 3.8) is 0 Å². The lowest BCUT2D eigenvalue weighted by atomic mass is 9.91. The molecule has 2 fully saturated rings. The van der Waals surface area contributed by atoms with Crippen molar-refractivity contribution in [2.24, 2.45) is 5.92 Å². The molecule has 1 amide bonds. The number of nitrogens with zero attached hydrogens (tertiary/aromatic N) is 3. The number of hydrogen-bond donors (Lipinski definition) is 2. The van der Waals surface area contributed by atoms with Gasteiger partial charge in [-0.3, -0.25) is 4.79 Å². The summed E-state index contributed by atoms with van der Waals surface area (Å²) < 4.78 is 15.3. The number of hydrogen-bond acceptors (Lipinski definition) is 4. The summed E-state index contributed by atoms with van der Waals surface area (Å²) in [6, 6.07) is 6.64. The van der Waals surface area contributed by atoms with E-state index in [9.17, 15) is 9.18 Å². The third kappa shape index (κ3) is 4.78. The van der Waals surface area contributed by atoms with Crippen LogP contribution in [-0.4, -0.2) is 34.0 Å². The van der Waals surface area contributed by atoms with E-state index in [2.05, 4.69) is 20.9 Å². The summed E-state index contributed by atoms with van der Waals surface area (Å²) in [4.78, 5) is 13.1. The minimum absolute atomic E-state index is 0. The molecule has 4 rings (SSSR count). The third-order valence-electron chi connectivity index (χ3n) is 6.18. The maximum Gasteiger partial charge on any atom is 0.274 e. The number of rotatable bonds is 5. The molecule has 1 atom stereocenters. The van der Waals surface area contributed by atoms with Crippen LogP contribution in [0.4, 0.5) is 4.39 Å². The van der Waals surface area contributed by atoms with Gasteiger partial charge >= 0.3 is 0 Å². The van der Waals surface area contributed by atoms with E-state index in [1.54, 1.807) is 12.1 Å². The Balaban J connectivity index is 0.00000240. The first-order chi connectivity index (χ1) is 13.6. The third-order valence-corrected chi connectivity index (χ3v) is 6.18. The summed E-state index contributed by atoms with van der Waals surface area (Å²) in [6.07, 6.45) is 6.47. The highest BCUT2D eigenvalue weighted by atomic mass is 35.5. The molecule has 1 unspecified atom stereocenters. The van der Waals surface area contributed by atoms with E-state index < -0.39 is 0 Å². The van der Waals surface area contributed by atoms with Gasteiger partial charge in [0.1, 0.15) is 5.82 Å². The SMILES string of the molecule is Cc1c(C(=O)NC(c2ccc(F)cc2)C2CCCC2)nnn1C1CCNCC1.Cl.